The number of pyridine rings is 1. The van der Waals surface area contributed by atoms with Crippen LogP contribution in [0, 0.1) is 10.5 Å². The predicted molar refractivity (Wildman–Crippen MR) is 68.6 cm³/mol. The maximum Gasteiger partial charge on any atom is 0.416 e. The van der Waals surface area contributed by atoms with Crippen LogP contribution < -0.4 is 4.74 Å². The number of H-pyrrole nitrogens is 1. The van der Waals surface area contributed by atoms with E-state index in [1.807, 2.05) is 0 Å². The molecule has 1 aromatic carbocycles. The van der Waals surface area contributed by atoms with E-state index in [2.05, 4.69) is 4.98 Å². The lowest BCUT2D eigenvalue weighted by Crippen LogP contribution is -2.05. The number of alkyl halides is 3. The largest absolute Gasteiger partial charge is 0.494 e. The first-order valence-corrected chi connectivity index (χ1v) is 5.87. The van der Waals surface area contributed by atoms with Crippen molar-refractivity contribution in [3.63, 3.8) is 0 Å². The second-order valence-electron chi connectivity index (χ2n) is 3.99. The molecule has 0 spiro atoms. The average molecular weight is 303 g/mol. The van der Waals surface area contributed by atoms with Gasteiger partial charge in [0.2, 0.25) is 0 Å². The van der Waals surface area contributed by atoms with Crippen LogP contribution in [0.5, 0.6) is 5.75 Å². The Labute approximate surface area is 117 Å². The number of benzene rings is 1. The number of hydrogen-bond donors (Lipinski definition) is 1. The SMILES string of the molecule is COc1ccc(-c2cc(C(F)(F)F)cc(=S)[nH]2)cc1F. The highest BCUT2D eigenvalue weighted by molar-refractivity contribution is 7.71. The summed E-state index contributed by atoms with van der Waals surface area (Å²) >= 11 is 4.76. The summed E-state index contributed by atoms with van der Waals surface area (Å²) in [5.74, 6) is -0.652. The normalized spacial score (nSPS) is 11.4. The molecule has 0 radical (unpaired) electrons. The monoisotopic (exact) mass is 303 g/mol. The van der Waals surface area contributed by atoms with Gasteiger partial charge in [-0.25, -0.2) is 4.39 Å². The molecule has 2 aromatic rings. The van der Waals surface area contributed by atoms with Gasteiger partial charge in [-0.2, -0.15) is 13.2 Å². The van der Waals surface area contributed by atoms with Gasteiger partial charge in [-0.05, 0) is 30.3 Å². The smallest absolute Gasteiger partial charge is 0.416 e. The molecule has 0 aliphatic heterocycles. The molecule has 20 heavy (non-hydrogen) atoms. The minimum Gasteiger partial charge on any atom is -0.494 e. The van der Waals surface area contributed by atoms with E-state index in [0.29, 0.717) is 0 Å². The minimum absolute atomic E-state index is 0.0133. The van der Waals surface area contributed by atoms with Crippen LogP contribution in [0.15, 0.2) is 30.3 Å². The third-order valence-corrected chi connectivity index (χ3v) is 2.85. The van der Waals surface area contributed by atoms with Gasteiger partial charge in [0, 0.05) is 11.3 Å². The summed E-state index contributed by atoms with van der Waals surface area (Å²) in [6.07, 6.45) is -4.51. The molecule has 0 unspecified atom stereocenters. The van der Waals surface area contributed by atoms with Gasteiger partial charge in [-0.1, -0.05) is 12.2 Å². The quantitative estimate of drug-likeness (QED) is 0.649. The van der Waals surface area contributed by atoms with Crippen molar-refractivity contribution in [3.8, 4) is 17.0 Å². The highest BCUT2D eigenvalue weighted by atomic mass is 32.1. The van der Waals surface area contributed by atoms with Crippen LogP contribution in [0.2, 0.25) is 0 Å². The van der Waals surface area contributed by atoms with Crippen molar-refractivity contribution in [3.05, 3.63) is 46.4 Å². The molecule has 2 nitrogen and oxygen atoms in total. The fourth-order valence-electron chi connectivity index (χ4n) is 1.70. The highest BCUT2D eigenvalue weighted by Gasteiger charge is 2.31. The summed E-state index contributed by atoms with van der Waals surface area (Å²) in [7, 11) is 1.30. The lowest BCUT2D eigenvalue weighted by molar-refractivity contribution is -0.137. The van der Waals surface area contributed by atoms with Crippen molar-refractivity contribution >= 4 is 12.2 Å². The number of ether oxygens (including phenoxy) is 1. The Morgan fingerprint density at radius 2 is 1.85 bits per heavy atom. The Morgan fingerprint density at radius 3 is 2.40 bits per heavy atom. The first-order chi connectivity index (χ1) is 9.31. The molecule has 0 atom stereocenters. The molecule has 0 bridgehead atoms. The van der Waals surface area contributed by atoms with Gasteiger partial charge in [0.25, 0.3) is 0 Å². The molecule has 0 saturated carbocycles. The van der Waals surface area contributed by atoms with Crippen LogP contribution >= 0.6 is 12.2 Å². The van der Waals surface area contributed by atoms with Crippen LogP contribution in [-0.4, -0.2) is 12.1 Å². The molecule has 0 amide bonds. The summed E-state index contributed by atoms with van der Waals surface area (Å²) in [5.41, 5.74) is -0.542. The van der Waals surface area contributed by atoms with Crippen molar-refractivity contribution in [1.29, 1.82) is 0 Å². The van der Waals surface area contributed by atoms with E-state index in [4.69, 9.17) is 17.0 Å². The predicted octanol–water partition coefficient (Wildman–Crippen LogP) is 4.58. The molecular weight excluding hydrogens is 294 g/mol. The van der Waals surface area contributed by atoms with Gasteiger partial charge >= 0.3 is 6.18 Å². The van der Waals surface area contributed by atoms with Crippen LogP contribution in [0.3, 0.4) is 0 Å². The lowest BCUT2D eigenvalue weighted by Gasteiger charge is -2.10. The molecule has 1 aromatic heterocycles. The fourth-order valence-corrected chi connectivity index (χ4v) is 1.93. The third kappa shape index (κ3) is 2.98. The number of hydrogen-bond acceptors (Lipinski definition) is 2. The molecule has 0 saturated heterocycles. The number of nitrogens with one attached hydrogen (secondary N) is 1. The summed E-state index contributed by atoms with van der Waals surface area (Å²) < 4.78 is 56.4. The molecule has 0 aliphatic carbocycles. The summed E-state index contributed by atoms with van der Waals surface area (Å²) in [5, 5.41) is 0. The van der Waals surface area contributed by atoms with E-state index in [0.717, 1.165) is 18.2 Å². The van der Waals surface area contributed by atoms with E-state index in [1.54, 1.807) is 0 Å². The molecule has 1 N–H and O–H groups in total. The summed E-state index contributed by atoms with van der Waals surface area (Å²) in [6, 6.07) is 5.57. The second-order valence-corrected chi connectivity index (χ2v) is 4.43. The van der Waals surface area contributed by atoms with E-state index in [9.17, 15) is 17.6 Å². The number of aromatic nitrogens is 1. The van der Waals surface area contributed by atoms with Gasteiger partial charge in [-0.3, -0.25) is 0 Å². The van der Waals surface area contributed by atoms with Gasteiger partial charge in [-0.15, -0.1) is 0 Å². The number of aromatic amines is 1. The second kappa shape index (κ2) is 5.24. The molecule has 0 fully saturated rings. The van der Waals surface area contributed by atoms with Gasteiger partial charge in [0.05, 0.1) is 12.7 Å². The molecule has 7 heteroatoms. The Kier molecular flexibility index (Phi) is 3.80. The van der Waals surface area contributed by atoms with E-state index in [1.165, 1.54) is 19.2 Å². The number of methoxy groups -OCH3 is 1. The molecule has 2 rings (SSSR count). The van der Waals surface area contributed by atoms with Gasteiger partial charge in [0.15, 0.2) is 11.6 Å². The number of halogens is 4. The summed E-state index contributed by atoms with van der Waals surface area (Å²) in [4.78, 5) is 2.61. The van der Waals surface area contributed by atoms with E-state index < -0.39 is 17.6 Å². The maximum absolute atomic E-state index is 13.6. The van der Waals surface area contributed by atoms with Gasteiger partial charge in [0.1, 0.15) is 4.64 Å². The van der Waals surface area contributed by atoms with Crippen molar-refractivity contribution in [2.75, 3.05) is 7.11 Å². The molecule has 0 aliphatic rings. The van der Waals surface area contributed by atoms with Gasteiger partial charge < -0.3 is 9.72 Å². The van der Waals surface area contributed by atoms with Crippen molar-refractivity contribution in [1.82, 2.24) is 4.98 Å². The zero-order chi connectivity index (χ0) is 14.9. The Balaban J connectivity index is 2.56. The van der Waals surface area contributed by atoms with Crippen molar-refractivity contribution in [2.24, 2.45) is 0 Å². The fraction of sp³-hybridized carbons (Fsp3) is 0.154. The maximum atomic E-state index is 13.6. The van der Waals surface area contributed by atoms with Crippen LogP contribution in [0.4, 0.5) is 17.6 Å². The topological polar surface area (TPSA) is 25.0 Å². The van der Waals surface area contributed by atoms with Crippen molar-refractivity contribution < 1.29 is 22.3 Å². The zero-order valence-corrected chi connectivity index (χ0v) is 11.0. The molecule has 106 valence electrons. The molecular formula is C13H9F4NOS. The lowest BCUT2D eigenvalue weighted by atomic mass is 10.1. The Morgan fingerprint density at radius 1 is 1.15 bits per heavy atom. The van der Waals surface area contributed by atoms with Crippen LogP contribution in [0.1, 0.15) is 5.56 Å². The Hall–Kier alpha value is -1.89. The highest BCUT2D eigenvalue weighted by Crippen LogP contribution is 2.32. The van der Waals surface area contributed by atoms with Crippen LogP contribution in [-0.2, 0) is 6.18 Å². The third-order valence-electron chi connectivity index (χ3n) is 2.63. The average Bonchev–Trinajstić information content (AvgIpc) is 2.37. The number of rotatable bonds is 2. The molecule has 1 heterocycles. The van der Waals surface area contributed by atoms with Crippen LogP contribution in [0.25, 0.3) is 11.3 Å². The van der Waals surface area contributed by atoms with E-state index >= 15 is 0 Å². The first-order valence-electron chi connectivity index (χ1n) is 5.47. The minimum atomic E-state index is -4.51. The van der Waals surface area contributed by atoms with Crippen molar-refractivity contribution in [2.45, 2.75) is 6.18 Å². The zero-order valence-electron chi connectivity index (χ0n) is 10.2. The standard InChI is InChI=1S/C13H9F4NOS/c1-19-11-3-2-7(4-9(11)14)10-5-8(13(15,16)17)6-12(20)18-10/h2-6H,1H3,(H,18,20). The summed E-state index contributed by atoms with van der Waals surface area (Å²) in [6.45, 7) is 0. The van der Waals surface area contributed by atoms with E-state index in [-0.39, 0.29) is 21.6 Å². The first kappa shape index (κ1) is 14.5. The Bertz CT molecular complexity index is 694.